The van der Waals surface area contributed by atoms with Crippen molar-refractivity contribution in [1.29, 1.82) is 0 Å². The molecule has 4 rings (SSSR count). The number of anilines is 1. The number of halogens is 1. The summed E-state index contributed by atoms with van der Waals surface area (Å²) >= 11 is 7.63. The molecule has 0 fully saturated rings. The Labute approximate surface area is 181 Å². The molecule has 2 aromatic heterocycles. The van der Waals surface area contributed by atoms with E-state index >= 15 is 0 Å². The van der Waals surface area contributed by atoms with Crippen molar-refractivity contribution in [2.75, 3.05) is 12.4 Å². The molecule has 0 saturated heterocycles. The highest BCUT2D eigenvalue weighted by atomic mass is 35.5. The predicted octanol–water partition coefficient (Wildman–Crippen LogP) is 4.82. The van der Waals surface area contributed by atoms with Crippen molar-refractivity contribution < 1.29 is 14.3 Å². The fraction of sp³-hybridized carbons (Fsp3) is 0.0952. The van der Waals surface area contributed by atoms with Crippen LogP contribution >= 0.6 is 22.9 Å². The number of thiazole rings is 1. The summed E-state index contributed by atoms with van der Waals surface area (Å²) in [5.41, 5.74) is 4.23. The number of aromatic nitrogens is 3. The highest BCUT2D eigenvalue weighted by molar-refractivity contribution is 7.07. The summed E-state index contributed by atoms with van der Waals surface area (Å²) in [5, 5.41) is 9.53. The Bertz CT molecular complexity index is 1150. The molecular formula is C21H17ClN4O3S. The molecule has 0 spiro atoms. The number of carbonyl (C=O) groups is 1. The molecule has 0 saturated carbocycles. The summed E-state index contributed by atoms with van der Waals surface area (Å²) in [5.74, 6) is 0.674. The van der Waals surface area contributed by atoms with E-state index in [1.54, 1.807) is 65.1 Å². The van der Waals surface area contributed by atoms with E-state index < -0.39 is 0 Å². The molecule has 0 aliphatic carbocycles. The highest BCUT2D eigenvalue weighted by Gasteiger charge is 2.15. The summed E-state index contributed by atoms with van der Waals surface area (Å²) in [4.78, 5) is 17.1. The van der Waals surface area contributed by atoms with E-state index in [9.17, 15) is 4.79 Å². The highest BCUT2D eigenvalue weighted by Crippen LogP contribution is 2.30. The van der Waals surface area contributed by atoms with Crippen LogP contribution in [0.15, 0.2) is 65.7 Å². The second-order valence-corrected chi connectivity index (χ2v) is 7.36. The van der Waals surface area contributed by atoms with Gasteiger partial charge in [0.15, 0.2) is 11.5 Å². The number of carbonyl (C=O) groups excluding carboxylic acids is 1. The smallest absolute Gasteiger partial charge is 0.255 e. The summed E-state index contributed by atoms with van der Waals surface area (Å²) in [6.45, 7) is 0.321. The van der Waals surface area contributed by atoms with E-state index in [0.29, 0.717) is 40.1 Å². The van der Waals surface area contributed by atoms with Gasteiger partial charge < -0.3 is 14.8 Å². The Morgan fingerprint density at radius 2 is 2.13 bits per heavy atom. The van der Waals surface area contributed by atoms with Crippen LogP contribution in [0.25, 0.3) is 5.69 Å². The molecular weight excluding hydrogens is 424 g/mol. The van der Waals surface area contributed by atoms with E-state index in [1.165, 1.54) is 18.4 Å². The number of amides is 1. The lowest BCUT2D eigenvalue weighted by Gasteiger charge is -2.14. The average molecular weight is 441 g/mol. The van der Waals surface area contributed by atoms with E-state index in [4.69, 9.17) is 21.1 Å². The molecule has 1 N–H and O–H groups in total. The number of rotatable bonds is 7. The van der Waals surface area contributed by atoms with Crippen LogP contribution in [-0.2, 0) is 6.61 Å². The van der Waals surface area contributed by atoms with E-state index in [-0.39, 0.29) is 5.91 Å². The van der Waals surface area contributed by atoms with Gasteiger partial charge in [0, 0.05) is 28.4 Å². The van der Waals surface area contributed by atoms with Gasteiger partial charge in [-0.3, -0.25) is 4.79 Å². The number of hydrogen-bond acceptors (Lipinski definition) is 6. The molecule has 0 atom stereocenters. The van der Waals surface area contributed by atoms with Crippen LogP contribution < -0.4 is 14.8 Å². The van der Waals surface area contributed by atoms with Crippen LogP contribution in [0.1, 0.15) is 16.1 Å². The Balaban J connectivity index is 1.55. The number of methoxy groups -OCH3 is 1. The minimum absolute atomic E-state index is 0.310. The van der Waals surface area contributed by atoms with Crippen LogP contribution in [0.3, 0.4) is 0 Å². The lowest BCUT2D eigenvalue weighted by atomic mass is 10.1. The van der Waals surface area contributed by atoms with Crippen LogP contribution in [0.5, 0.6) is 11.5 Å². The monoisotopic (exact) mass is 440 g/mol. The molecule has 7 nitrogen and oxygen atoms in total. The fourth-order valence-electron chi connectivity index (χ4n) is 2.80. The molecule has 0 unspecified atom stereocenters. The van der Waals surface area contributed by atoms with Gasteiger partial charge in [-0.15, -0.1) is 11.3 Å². The van der Waals surface area contributed by atoms with Gasteiger partial charge in [-0.05, 0) is 42.5 Å². The Morgan fingerprint density at radius 3 is 2.87 bits per heavy atom. The lowest BCUT2D eigenvalue weighted by Crippen LogP contribution is -2.14. The molecule has 0 aliphatic heterocycles. The largest absolute Gasteiger partial charge is 0.493 e. The number of ether oxygens (including phenoxy) is 2. The predicted molar refractivity (Wildman–Crippen MR) is 116 cm³/mol. The minimum atomic E-state index is -0.310. The minimum Gasteiger partial charge on any atom is -0.493 e. The van der Waals surface area contributed by atoms with Gasteiger partial charge >= 0.3 is 0 Å². The van der Waals surface area contributed by atoms with Crippen molar-refractivity contribution >= 4 is 34.5 Å². The molecule has 9 heteroatoms. The van der Waals surface area contributed by atoms with Gasteiger partial charge in [-0.2, -0.15) is 5.10 Å². The van der Waals surface area contributed by atoms with Crippen LogP contribution in [0, 0.1) is 0 Å². The third kappa shape index (κ3) is 4.45. The first-order chi connectivity index (χ1) is 14.6. The number of hydrogen-bond donors (Lipinski definition) is 1. The summed E-state index contributed by atoms with van der Waals surface area (Å²) < 4.78 is 12.8. The first-order valence-corrected chi connectivity index (χ1v) is 10.2. The molecule has 152 valence electrons. The van der Waals surface area contributed by atoms with Gasteiger partial charge in [0.25, 0.3) is 5.91 Å². The molecule has 2 aromatic carbocycles. The maximum absolute atomic E-state index is 12.9. The molecule has 1 amide bonds. The van der Waals surface area contributed by atoms with Gasteiger partial charge in [0.1, 0.15) is 6.61 Å². The van der Waals surface area contributed by atoms with Crippen LogP contribution in [0.2, 0.25) is 5.02 Å². The van der Waals surface area contributed by atoms with Crippen molar-refractivity contribution in [3.05, 3.63) is 82.0 Å². The van der Waals surface area contributed by atoms with Crippen molar-refractivity contribution in [2.45, 2.75) is 6.61 Å². The number of benzene rings is 2. The van der Waals surface area contributed by atoms with E-state index in [0.717, 1.165) is 5.69 Å². The molecule has 0 bridgehead atoms. The zero-order valence-electron chi connectivity index (χ0n) is 15.9. The second kappa shape index (κ2) is 8.98. The van der Waals surface area contributed by atoms with Gasteiger partial charge in [-0.25, -0.2) is 9.67 Å². The molecule has 30 heavy (non-hydrogen) atoms. The average Bonchev–Trinajstić information content (AvgIpc) is 3.46. The third-order valence-corrected chi connectivity index (χ3v) is 5.11. The maximum atomic E-state index is 12.9. The second-order valence-electron chi connectivity index (χ2n) is 6.20. The molecule has 2 heterocycles. The standard InChI is InChI=1S/C21H17ClN4O3S/c1-28-20-9-14(3-6-19(20)29-11-16-12-30-13-23-16)21(27)25-17-10-15(22)4-5-18(17)26-8-2-7-24-26/h2-10,12-13H,11H2,1H3,(H,25,27). The molecule has 0 aliphatic rings. The van der Waals surface area contributed by atoms with Crippen LogP contribution in [-0.4, -0.2) is 27.8 Å². The third-order valence-electron chi connectivity index (χ3n) is 4.24. The lowest BCUT2D eigenvalue weighted by molar-refractivity contribution is 0.102. The Morgan fingerprint density at radius 1 is 1.23 bits per heavy atom. The van der Waals surface area contributed by atoms with Gasteiger partial charge in [-0.1, -0.05) is 11.6 Å². The summed E-state index contributed by atoms with van der Waals surface area (Å²) in [6, 6.07) is 12.0. The van der Waals surface area contributed by atoms with Crippen molar-refractivity contribution in [2.24, 2.45) is 0 Å². The summed E-state index contributed by atoms with van der Waals surface area (Å²) in [6.07, 6.45) is 3.45. The first kappa shape index (κ1) is 19.9. The van der Waals surface area contributed by atoms with E-state index in [1.807, 2.05) is 5.38 Å². The topological polar surface area (TPSA) is 78.3 Å². The number of nitrogens with one attached hydrogen (secondary N) is 1. The zero-order valence-corrected chi connectivity index (χ0v) is 17.5. The zero-order chi connectivity index (χ0) is 20.9. The quantitative estimate of drug-likeness (QED) is 0.445. The maximum Gasteiger partial charge on any atom is 0.255 e. The molecule has 4 aromatic rings. The fourth-order valence-corrected chi connectivity index (χ4v) is 3.52. The van der Waals surface area contributed by atoms with Crippen molar-refractivity contribution in [3.63, 3.8) is 0 Å². The summed E-state index contributed by atoms with van der Waals surface area (Å²) in [7, 11) is 1.53. The van der Waals surface area contributed by atoms with Gasteiger partial charge in [0.2, 0.25) is 0 Å². The SMILES string of the molecule is COc1cc(C(=O)Nc2cc(Cl)ccc2-n2cccn2)ccc1OCc1cscn1. The molecule has 0 radical (unpaired) electrons. The van der Waals surface area contributed by atoms with Crippen molar-refractivity contribution in [3.8, 4) is 17.2 Å². The van der Waals surface area contributed by atoms with Crippen molar-refractivity contribution in [1.82, 2.24) is 14.8 Å². The van der Waals surface area contributed by atoms with Crippen LogP contribution in [0.4, 0.5) is 5.69 Å². The number of nitrogens with zero attached hydrogens (tertiary/aromatic N) is 3. The van der Waals surface area contributed by atoms with E-state index in [2.05, 4.69) is 15.4 Å². The normalized spacial score (nSPS) is 10.6. The van der Waals surface area contributed by atoms with Gasteiger partial charge in [0.05, 0.1) is 29.7 Å². The Hall–Kier alpha value is -3.36. The first-order valence-electron chi connectivity index (χ1n) is 8.93. The Kier molecular flexibility index (Phi) is 5.97.